The summed E-state index contributed by atoms with van der Waals surface area (Å²) in [6, 6.07) is 0.498. The number of hydrogen-bond acceptors (Lipinski definition) is 5. The first-order chi connectivity index (χ1) is 6.33. The molecule has 5 heteroatoms. The predicted molar refractivity (Wildman–Crippen MR) is 50.7 cm³/mol. The van der Waals surface area contributed by atoms with E-state index in [1.807, 2.05) is 0 Å². The number of carbonyl (C=O) groups excluding carboxylic acids is 2. The molecule has 0 heterocycles. The summed E-state index contributed by atoms with van der Waals surface area (Å²) in [6.45, 7) is 0. The molecule has 0 amide bonds. The van der Waals surface area contributed by atoms with Crippen molar-refractivity contribution in [1.29, 1.82) is 0 Å². The molecule has 0 aromatic carbocycles. The number of ether oxygens (including phenoxy) is 1. The number of thioether (sulfide) groups is 1. The highest BCUT2D eigenvalue weighted by Gasteiger charge is 2.18. The monoisotopic (exact) mass is 201 g/mol. The van der Waals surface area contributed by atoms with Gasteiger partial charge in [-0.15, -0.1) is 0 Å². The first kappa shape index (κ1) is 10.2. The smallest absolute Gasteiger partial charge is 0.313 e. The molecule has 0 atom stereocenters. The SMILES string of the molecule is O=CCC(=O)OCSC=NC1CC1. The number of aldehydes is 1. The Morgan fingerprint density at radius 1 is 1.62 bits per heavy atom. The van der Waals surface area contributed by atoms with E-state index in [0.29, 0.717) is 12.3 Å². The average Bonchev–Trinajstić information content (AvgIpc) is 2.88. The zero-order chi connectivity index (χ0) is 9.52. The summed E-state index contributed by atoms with van der Waals surface area (Å²) in [6.07, 6.45) is 2.70. The molecule has 1 fully saturated rings. The second-order valence-electron chi connectivity index (χ2n) is 2.66. The summed E-state index contributed by atoms with van der Waals surface area (Å²) >= 11 is 1.33. The van der Waals surface area contributed by atoms with Crippen LogP contribution in [0, 0.1) is 0 Å². The molecule has 0 aromatic heterocycles. The molecule has 0 aliphatic heterocycles. The Balaban J connectivity index is 1.93. The minimum Gasteiger partial charge on any atom is -0.454 e. The lowest BCUT2D eigenvalue weighted by Crippen LogP contribution is -2.03. The maximum Gasteiger partial charge on any atom is 0.313 e. The van der Waals surface area contributed by atoms with E-state index in [1.54, 1.807) is 5.55 Å². The van der Waals surface area contributed by atoms with Crippen molar-refractivity contribution in [2.75, 3.05) is 5.94 Å². The minimum atomic E-state index is -0.484. The van der Waals surface area contributed by atoms with E-state index in [4.69, 9.17) is 0 Å². The number of carbonyl (C=O) groups is 2. The fourth-order valence-electron chi connectivity index (χ4n) is 0.610. The number of esters is 1. The van der Waals surface area contributed by atoms with Crippen molar-refractivity contribution in [3.8, 4) is 0 Å². The van der Waals surface area contributed by atoms with Crippen molar-refractivity contribution in [3.05, 3.63) is 0 Å². The number of hydrogen-bond donors (Lipinski definition) is 0. The number of aliphatic imine (C=N–C) groups is 1. The Hall–Kier alpha value is -0.840. The summed E-state index contributed by atoms with van der Waals surface area (Å²) in [4.78, 5) is 24.7. The zero-order valence-corrected chi connectivity index (χ0v) is 7.96. The Bertz CT molecular complexity index is 213. The molecule has 0 saturated heterocycles. The highest BCUT2D eigenvalue weighted by molar-refractivity contribution is 8.11. The van der Waals surface area contributed by atoms with Crippen molar-refractivity contribution < 1.29 is 14.3 Å². The molecule has 0 unspecified atom stereocenters. The van der Waals surface area contributed by atoms with Gasteiger partial charge in [0.05, 0.1) is 11.6 Å². The third kappa shape index (κ3) is 5.41. The van der Waals surface area contributed by atoms with E-state index >= 15 is 0 Å². The van der Waals surface area contributed by atoms with E-state index in [-0.39, 0.29) is 12.4 Å². The largest absolute Gasteiger partial charge is 0.454 e. The van der Waals surface area contributed by atoms with Crippen LogP contribution >= 0.6 is 11.8 Å². The van der Waals surface area contributed by atoms with Gasteiger partial charge in [0.1, 0.15) is 18.6 Å². The topological polar surface area (TPSA) is 55.7 Å². The molecule has 0 aromatic rings. The molecule has 13 heavy (non-hydrogen) atoms. The quantitative estimate of drug-likeness (QED) is 0.122. The van der Waals surface area contributed by atoms with E-state index in [2.05, 4.69) is 9.73 Å². The van der Waals surface area contributed by atoms with E-state index in [0.717, 1.165) is 0 Å². The van der Waals surface area contributed by atoms with Crippen LogP contribution in [0.25, 0.3) is 0 Å². The Morgan fingerprint density at radius 3 is 3.00 bits per heavy atom. The van der Waals surface area contributed by atoms with Gasteiger partial charge in [-0.25, -0.2) is 0 Å². The van der Waals surface area contributed by atoms with E-state index in [9.17, 15) is 9.59 Å². The molecule has 0 N–H and O–H groups in total. The van der Waals surface area contributed by atoms with Crippen LogP contribution in [-0.4, -0.2) is 29.8 Å². The van der Waals surface area contributed by atoms with Crippen molar-refractivity contribution in [1.82, 2.24) is 0 Å². The zero-order valence-electron chi connectivity index (χ0n) is 7.14. The van der Waals surface area contributed by atoms with Gasteiger partial charge in [0.25, 0.3) is 0 Å². The normalized spacial score (nSPS) is 16.0. The lowest BCUT2D eigenvalue weighted by atomic mass is 10.5. The van der Waals surface area contributed by atoms with E-state index in [1.165, 1.54) is 24.6 Å². The highest BCUT2D eigenvalue weighted by atomic mass is 32.2. The van der Waals surface area contributed by atoms with Crippen molar-refractivity contribution >= 4 is 29.6 Å². The van der Waals surface area contributed by atoms with Crippen LogP contribution < -0.4 is 0 Å². The minimum absolute atomic E-state index is 0.166. The molecule has 72 valence electrons. The van der Waals surface area contributed by atoms with Crippen LogP contribution in [0.1, 0.15) is 19.3 Å². The lowest BCUT2D eigenvalue weighted by Gasteiger charge is -1.97. The Kier molecular flexibility index (Phi) is 4.53. The summed E-state index contributed by atoms with van der Waals surface area (Å²) in [5.74, 6) is -0.245. The lowest BCUT2D eigenvalue weighted by molar-refractivity contribution is -0.142. The number of rotatable bonds is 6. The van der Waals surface area contributed by atoms with Gasteiger partial charge in [-0.3, -0.25) is 9.79 Å². The molecular weight excluding hydrogens is 190 g/mol. The van der Waals surface area contributed by atoms with Crippen molar-refractivity contribution in [3.63, 3.8) is 0 Å². The van der Waals surface area contributed by atoms with Crippen LogP contribution in [0.15, 0.2) is 4.99 Å². The summed E-state index contributed by atoms with van der Waals surface area (Å²) in [5, 5.41) is 0. The molecule has 0 radical (unpaired) electrons. The first-order valence-corrected chi connectivity index (χ1v) is 5.10. The molecule has 0 bridgehead atoms. The van der Waals surface area contributed by atoms with Gasteiger partial charge in [0, 0.05) is 0 Å². The molecule has 1 saturated carbocycles. The van der Waals surface area contributed by atoms with Crippen molar-refractivity contribution in [2.24, 2.45) is 4.99 Å². The van der Waals surface area contributed by atoms with Gasteiger partial charge in [0.15, 0.2) is 0 Å². The molecule has 1 aliphatic rings. The average molecular weight is 201 g/mol. The third-order valence-electron chi connectivity index (χ3n) is 1.43. The second kappa shape index (κ2) is 5.75. The molecule has 4 nitrogen and oxygen atoms in total. The van der Waals surface area contributed by atoms with Crippen LogP contribution in [0.5, 0.6) is 0 Å². The Labute approximate surface area is 80.7 Å². The van der Waals surface area contributed by atoms with Crippen LogP contribution in [0.2, 0.25) is 0 Å². The number of nitrogens with zero attached hydrogens (tertiary/aromatic N) is 1. The fraction of sp³-hybridized carbons (Fsp3) is 0.625. The van der Waals surface area contributed by atoms with Crippen molar-refractivity contribution in [2.45, 2.75) is 25.3 Å². The molecule has 1 rings (SSSR count). The third-order valence-corrected chi connectivity index (χ3v) is 1.96. The molecule has 1 aliphatic carbocycles. The fourth-order valence-corrected chi connectivity index (χ4v) is 1.13. The van der Waals surface area contributed by atoms with Crippen LogP contribution in [-0.2, 0) is 14.3 Å². The van der Waals surface area contributed by atoms with Crippen LogP contribution in [0.4, 0.5) is 0 Å². The highest BCUT2D eigenvalue weighted by Crippen LogP contribution is 2.23. The Morgan fingerprint density at radius 2 is 2.38 bits per heavy atom. The summed E-state index contributed by atoms with van der Waals surface area (Å²) < 4.78 is 4.69. The summed E-state index contributed by atoms with van der Waals surface area (Å²) in [7, 11) is 0. The van der Waals surface area contributed by atoms with Gasteiger partial charge in [0.2, 0.25) is 0 Å². The second-order valence-corrected chi connectivity index (χ2v) is 3.44. The standard InChI is InChI=1S/C8H11NO3S/c10-4-3-8(11)12-6-13-5-9-7-1-2-7/h4-5,7H,1-3,6H2. The predicted octanol–water partition coefficient (Wildman–Crippen LogP) is 1.00. The maximum atomic E-state index is 10.6. The molecular formula is C8H11NO3S. The van der Waals surface area contributed by atoms with Gasteiger partial charge in [-0.05, 0) is 12.8 Å². The maximum absolute atomic E-state index is 10.6. The van der Waals surface area contributed by atoms with Gasteiger partial charge < -0.3 is 9.53 Å². The van der Waals surface area contributed by atoms with Gasteiger partial charge >= 0.3 is 5.97 Å². The van der Waals surface area contributed by atoms with Crippen LogP contribution in [0.3, 0.4) is 0 Å². The molecule has 0 spiro atoms. The summed E-state index contributed by atoms with van der Waals surface area (Å²) in [5.41, 5.74) is 1.70. The first-order valence-electron chi connectivity index (χ1n) is 4.05. The van der Waals surface area contributed by atoms with Gasteiger partial charge in [-0.1, -0.05) is 11.8 Å². The van der Waals surface area contributed by atoms with Gasteiger partial charge in [-0.2, -0.15) is 0 Å². The van der Waals surface area contributed by atoms with E-state index < -0.39 is 5.97 Å².